The van der Waals surface area contributed by atoms with Gasteiger partial charge in [0, 0.05) is 64.0 Å². The molecule has 3 aliphatic rings. The van der Waals surface area contributed by atoms with Crippen molar-refractivity contribution in [3.8, 4) is 12.1 Å². The van der Waals surface area contributed by atoms with Gasteiger partial charge in [-0.2, -0.15) is 20.3 Å². The molecule has 1 amide bonds. The molecule has 0 bridgehead atoms. The van der Waals surface area contributed by atoms with E-state index in [1.807, 2.05) is 35.0 Å². The number of aromatic nitrogens is 4. The minimum Gasteiger partial charge on any atom is -0.462 e. The van der Waals surface area contributed by atoms with E-state index in [9.17, 15) is 10.1 Å². The van der Waals surface area contributed by atoms with Crippen molar-refractivity contribution in [2.75, 3.05) is 62.8 Å². The Labute approximate surface area is 325 Å². The van der Waals surface area contributed by atoms with Gasteiger partial charge in [0.25, 0.3) is 0 Å². The monoisotopic (exact) mass is 765 g/mol. The van der Waals surface area contributed by atoms with Gasteiger partial charge in [-0.15, -0.1) is 0 Å². The van der Waals surface area contributed by atoms with Crippen molar-refractivity contribution in [2.45, 2.75) is 90.3 Å². The van der Waals surface area contributed by atoms with E-state index in [-0.39, 0.29) is 19.1 Å². The molecule has 55 heavy (non-hydrogen) atoms. The largest absolute Gasteiger partial charge is 0.462 e. The standard InChI is InChI=1S/C41H55N9O4Si/c1-30-13-14-32-24-49(29-52-22-23-55(3,4)5)45-37(32)38(30)47-19-16-35-36(26-47)43-40(53-28-34-12-9-18-46(34)2)44-39(35)48-20-21-50(33(25-48)15-17-42)41(51)54-27-31-10-7-6-8-11-31/h6-8,10-11,13-14,24,33-34H,9,12,15-16,18-23,25-29H2,1-5H3/t33-,34-/m0/s1. The normalized spacial score (nSPS) is 19.1. The summed E-state index contributed by atoms with van der Waals surface area (Å²) in [6.07, 6.45) is 4.83. The van der Waals surface area contributed by atoms with Crippen LogP contribution < -0.4 is 14.5 Å². The molecule has 3 aliphatic heterocycles. The number of benzene rings is 2. The molecule has 2 atom stereocenters. The van der Waals surface area contributed by atoms with Crippen LogP contribution in [0.3, 0.4) is 0 Å². The molecule has 7 rings (SSSR count). The fourth-order valence-corrected chi connectivity index (χ4v) is 8.62. The smallest absolute Gasteiger partial charge is 0.410 e. The van der Waals surface area contributed by atoms with E-state index < -0.39 is 14.2 Å². The molecule has 0 saturated carbocycles. The summed E-state index contributed by atoms with van der Waals surface area (Å²) in [5.74, 6) is 0.828. The van der Waals surface area contributed by atoms with Crippen LogP contribution in [0.1, 0.15) is 41.6 Å². The van der Waals surface area contributed by atoms with Crippen molar-refractivity contribution in [1.29, 1.82) is 5.26 Å². The zero-order chi connectivity index (χ0) is 38.5. The molecule has 0 spiro atoms. The van der Waals surface area contributed by atoms with E-state index in [0.29, 0.717) is 51.6 Å². The molecule has 2 fully saturated rings. The molecule has 0 unspecified atom stereocenters. The lowest BCUT2D eigenvalue weighted by molar-refractivity contribution is 0.0767. The predicted octanol–water partition coefficient (Wildman–Crippen LogP) is 6.22. The van der Waals surface area contributed by atoms with Gasteiger partial charge in [0.2, 0.25) is 0 Å². The Hall–Kier alpha value is -4.71. The number of piperazine rings is 1. The van der Waals surface area contributed by atoms with Gasteiger partial charge in [0.05, 0.1) is 36.5 Å². The number of hydrogen-bond acceptors (Lipinski definition) is 11. The summed E-state index contributed by atoms with van der Waals surface area (Å²) in [5.41, 5.74) is 6.16. The van der Waals surface area contributed by atoms with Gasteiger partial charge in [-0.05, 0) is 56.9 Å². The first-order chi connectivity index (χ1) is 26.6. The minimum atomic E-state index is -1.18. The van der Waals surface area contributed by atoms with Crippen molar-refractivity contribution >= 4 is 36.6 Å². The average molecular weight is 766 g/mol. The number of carbonyl (C=O) groups is 1. The van der Waals surface area contributed by atoms with Crippen LogP contribution in [0.5, 0.6) is 6.01 Å². The number of likely N-dealkylation sites (tertiary alicyclic amines) is 1. The van der Waals surface area contributed by atoms with E-state index in [1.165, 1.54) is 0 Å². The summed E-state index contributed by atoms with van der Waals surface area (Å²) in [4.78, 5) is 32.1. The lowest BCUT2D eigenvalue weighted by atomic mass is 10.0. The van der Waals surface area contributed by atoms with Crippen molar-refractivity contribution in [3.63, 3.8) is 0 Å². The summed E-state index contributed by atoms with van der Waals surface area (Å²) in [6.45, 7) is 14.9. The predicted molar refractivity (Wildman–Crippen MR) is 216 cm³/mol. The fourth-order valence-electron chi connectivity index (χ4n) is 7.86. The van der Waals surface area contributed by atoms with Gasteiger partial charge < -0.3 is 33.8 Å². The Morgan fingerprint density at radius 1 is 1.02 bits per heavy atom. The fraction of sp³-hybridized carbons (Fsp3) is 0.537. The van der Waals surface area contributed by atoms with Crippen LogP contribution >= 0.6 is 0 Å². The quantitative estimate of drug-likeness (QED) is 0.114. The van der Waals surface area contributed by atoms with Crippen LogP contribution in [-0.4, -0.2) is 109 Å². The molecule has 2 saturated heterocycles. The molecule has 292 valence electrons. The molecule has 13 nitrogen and oxygen atoms in total. The topological polar surface area (TPSA) is 125 Å². The van der Waals surface area contributed by atoms with Gasteiger partial charge in [0.1, 0.15) is 31.3 Å². The third kappa shape index (κ3) is 9.23. The summed E-state index contributed by atoms with van der Waals surface area (Å²) in [5, 5.41) is 15.9. The third-order valence-corrected chi connectivity index (χ3v) is 12.8. The molecule has 0 radical (unpaired) electrons. The lowest BCUT2D eigenvalue weighted by Crippen LogP contribution is -2.55. The number of likely N-dealkylation sites (N-methyl/N-ethyl adjacent to an activating group) is 1. The van der Waals surface area contributed by atoms with E-state index in [2.05, 4.69) is 72.7 Å². The molecular formula is C41H55N9O4Si. The molecule has 2 aromatic carbocycles. The number of nitriles is 1. The van der Waals surface area contributed by atoms with Crippen molar-refractivity contribution < 1.29 is 19.0 Å². The molecule has 14 heteroatoms. The molecule has 2 aromatic heterocycles. The molecular weight excluding hydrogens is 711 g/mol. The minimum absolute atomic E-state index is 0.186. The van der Waals surface area contributed by atoms with Gasteiger partial charge in [-0.1, -0.05) is 62.1 Å². The number of ether oxygens (including phenoxy) is 3. The van der Waals surface area contributed by atoms with Crippen molar-refractivity contribution in [2.24, 2.45) is 0 Å². The number of amides is 1. The molecule has 0 aliphatic carbocycles. The van der Waals surface area contributed by atoms with Gasteiger partial charge >= 0.3 is 12.1 Å². The zero-order valence-electron chi connectivity index (χ0n) is 33.0. The lowest BCUT2D eigenvalue weighted by Gasteiger charge is -2.42. The maximum Gasteiger partial charge on any atom is 0.410 e. The Morgan fingerprint density at radius 3 is 2.62 bits per heavy atom. The number of fused-ring (bicyclic) bond motifs is 2. The summed E-state index contributed by atoms with van der Waals surface area (Å²) < 4.78 is 20.1. The molecule has 4 aromatic rings. The Morgan fingerprint density at radius 2 is 1.85 bits per heavy atom. The van der Waals surface area contributed by atoms with Crippen molar-refractivity contribution in [3.05, 3.63) is 71.0 Å². The van der Waals surface area contributed by atoms with E-state index in [1.54, 1.807) is 4.90 Å². The van der Waals surface area contributed by atoms with Crippen molar-refractivity contribution in [1.82, 2.24) is 29.5 Å². The maximum atomic E-state index is 13.3. The van der Waals surface area contributed by atoms with E-state index >= 15 is 0 Å². The second-order valence-corrected chi connectivity index (χ2v) is 22.0. The second kappa shape index (κ2) is 17.0. The highest BCUT2D eigenvalue weighted by Crippen LogP contribution is 2.36. The SMILES string of the molecule is Cc1ccc2cn(COCC[Si](C)(C)C)nc2c1N1CCc2c(nc(OC[C@@H]3CCCN3C)nc2N2CCN(C(=O)OCc3ccccc3)[C@@H](CC#N)C2)C1. The van der Waals surface area contributed by atoms with Crippen LogP contribution in [0.15, 0.2) is 48.7 Å². The van der Waals surface area contributed by atoms with Crippen LogP contribution in [-0.2, 0) is 35.8 Å². The number of carbonyl (C=O) groups excluding carboxylic acids is 1. The Kier molecular flexibility index (Phi) is 11.9. The first-order valence-corrected chi connectivity index (χ1v) is 23.4. The Balaban J connectivity index is 1.13. The first-order valence-electron chi connectivity index (χ1n) is 19.7. The third-order valence-electron chi connectivity index (χ3n) is 11.1. The highest BCUT2D eigenvalue weighted by atomic mass is 28.3. The van der Waals surface area contributed by atoms with Gasteiger partial charge in [-0.3, -0.25) is 0 Å². The highest BCUT2D eigenvalue weighted by molar-refractivity contribution is 6.76. The second-order valence-electron chi connectivity index (χ2n) is 16.4. The summed E-state index contributed by atoms with van der Waals surface area (Å²) >= 11 is 0. The number of aryl methyl sites for hydroxylation is 1. The summed E-state index contributed by atoms with van der Waals surface area (Å²) in [7, 11) is 0.962. The van der Waals surface area contributed by atoms with Crippen LogP contribution in [0.4, 0.5) is 16.3 Å². The highest BCUT2D eigenvalue weighted by Gasteiger charge is 2.35. The van der Waals surface area contributed by atoms with Gasteiger partial charge in [0.15, 0.2) is 0 Å². The number of nitrogens with zero attached hydrogens (tertiary/aromatic N) is 9. The first kappa shape index (κ1) is 38.6. The van der Waals surface area contributed by atoms with Crippen LogP contribution in [0.25, 0.3) is 10.9 Å². The molecule has 5 heterocycles. The number of anilines is 2. The maximum absolute atomic E-state index is 13.3. The summed E-state index contributed by atoms with van der Waals surface area (Å²) in [6, 6.07) is 17.7. The Bertz CT molecular complexity index is 2000. The van der Waals surface area contributed by atoms with E-state index in [4.69, 9.17) is 29.3 Å². The zero-order valence-corrected chi connectivity index (χ0v) is 34.0. The van der Waals surface area contributed by atoms with Gasteiger partial charge in [-0.25, -0.2) is 9.48 Å². The number of hydrogen-bond donors (Lipinski definition) is 0. The van der Waals surface area contributed by atoms with Crippen LogP contribution in [0.2, 0.25) is 25.7 Å². The average Bonchev–Trinajstić information content (AvgIpc) is 3.79. The van der Waals surface area contributed by atoms with E-state index in [0.717, 1.165) is 89.8 Å². The number of rotatable bonds is 13. The molecule has 0 N–H and O–H groups in total. The van der Waals surface area contributed by atoms with Crippen LogP contribution in [0, 0.1) is 18.3 Å².